The Morgan fingerprint density at radius 2 is 1.93 bits per heavy atom. The zero-order valence-electron chi connectivity index (χ0n) is 15.1. The van der Waals surface area contributed by atoms with E-state index in [2.05, 4.69) is 36.0 Å². The van der Waals surface area contributed by atoms with Crippen LogP contribution < -0.4 is 10.6 Å². The number of amides is 1. The third kappa shape index (κ3) is 3.85. The Labute approximate surface area is 176 Å². The number of hydrogen-bond acceptors (Lipinski definition) is 5. The maximum Gasteiger partial charge on any atom is 0.239 e. The summed E-state index contributed by atoms with van der Waals surface area (Å²) in [5.74, 6) is -0.0168. The van der Waals surface area contributed by atoms with Gasteiger partial charge in [0.05, 0.1) is 27.8 Å². The van der Waals surface area contributed by atoms with Crippen molar-refractivity contribution in [3.05, 3.63) is 51.7 Å². The lowest BCUT2D eigenvalue weighted by Crippen LogP contribution is -2.53. The molecule has 1 saturated heterocycles. The van der Waals surface area contributed by atoms with Crippen LogP contribution in [0.15, 0.2) is 41.1 Å². The SMILES string of the molecule is N[C@H](Cc1ccc(Cl)cc1)C(=O)N1CCN(c2c(Br)cnc3[nH]ncc23)CC1. The molecule has 1 amide bonds. The van der Waals surface area contributed by atoms with Gasteiger partial charge in [0.15, 0.2) is 5.65 Å². The van der Waals surface area contributed by atoms with Gasteiger partial charge in [-0.05, 0) is 40.0 Å². The van der Waals surface area contributed by atoms with Crippen molar-refractivity contribution < 1.29 is 4.79 Å². The summed E-state index contributed by atoms with van der Waals surface area (Å²) in [6, 6.07) is 6.89. The summed E-state index contributed by atoms with van der Waals surface area (Å²) in [6.07, 6.45) is 4.05. The number of fused-ring (bicyclic) bond motifs is 1. The molecular formula is C19H20BrClN6O. The first-order valence-corrected chi connectivity index (χ1v) is 10.2. The average Bonchev–Trinajstić information content (AvgIpc) is 3.18. The second-order valence-electron chi connectivity index (χ2n) is 6.84. The Kier molecular flexibility index (Phi) is 5.52. The predicted octanol–water partition coefficient (Wildman–Crippen LogP) is 2.59. The molecule has 0 aliphatic carbocycles. The molecule has 1 aliphatic heterocycles. The van der Waals surface area contributed by atoms with Crippen LogP contribution in [0.25, 0.3) is 11.0 Å². The van der Waals surface area contributed by atoms with Gasteiger partial charge in [0.25, 0.3) is 0 Å². The van der Waals surface area contributed by atoms with Crippen LogP contribution in [0.4, 0.5) is 5.69 Å². The summed E-state index contributed by atoms with van der Waals surface area (Å²) in [5, 5.41) is 8.62. The number of carbonyl (C=O) groups excluding carboxylic acids is 1. The molecule has 7 nitrogen and oxygen atoms in total. The molecule has 0 bridgehead atoms. The highest BCUT2D eigenvalue weighted by Gasteiger charge is 2.27. The predicted molar refractivity (Wildman–Crippen MR) is 114 cm³/mol. The zero-order chi connectivity index (χ0) is 19.7. The molecule has 1 aliphatic rings. The summed E-state index contributed by atoms with van der Waals surface area (Å²) in [7, 11) is 0. The maximum atomic E-state index is 12.8. The number of aromatic nitrogens is 3. The molecule has 3 heterocycles. The van der Waals surface area contributed by atoms with E-state index in [0.717, 1.165) is 39.8 Å². The number of hydrogen-bond donors (Lipinski definition) is 2. The van der Waals surface area contributed by atoms with E-state index in [1.54, 1.807) is 12.4 Å². The summed E-state index contributed by atoms with van der Waals surface area (Å²) in [5.41, 5.74) is 8.99. The van der Waals surface area contributed by atoms with Gasteiger partial charge < -0.3 is 15.5 Å². The van der Waals surface area contributed by atoms with Crippen LogP contribution in [-0.2, 0) is 11.2 Å². The molecule has 146 valence electrons. The molecule has 4 rings (SSSR count). The van der Waals surface area contributed by atoms with Crippen molar-refractivity contribution in [3.8, 4) is 0 Å². The van der Waals surface area contributed by atoms with E-state index in [0.29, 0.717) is 24.5 Å². The number of anilines is 1. The van der Waals surface area contributed by atoms with Gasteiger partial charge >= 0.3 is 0 Å². The molecule has 28 heavy (non-hydrogen) atoms. The molecule has 0 saturated carbocycles. The molecule has 1 fully saturated rings. The van der Waals surface area contributed by atoms with Gasteiger partial charge in [-0.25, -0.2) is 4.98 Å². The number of carbonyl (C=O) groups is 1. The van der Waals surface area contributed by atoms with Gasteiger partial charge in [-0.2, -0.15) is 5.10 Å². The van der Waals surface area contributed by atoms with E-state index < -0.39 is 6.04 Å². The van der Waals surface area contributed by atoms with Crippen molar-refractivity contribution in [2.45, 2.75) is 12.5 Å². The molecule has 1 atom stereocenters. The van der Waals surface area contributed by atoms with E-state index in [4.69, 9.17) is 17.3 Å². The van der Waals surface area contributed by atoms with E-state index in [-0.39, 0.29) is 5.91 Å². The fourth-order valence-corrected chi connectivity index (χ4v) is 4.22. The minimum atomic E-state index is -0.555. The fourth-order valence-electron chi connectivity index (χ4n) is 3.53. The number of piperazine rings is 1. The monoisotopic (exact) mass is 462 g/mol. The smallest absolute Gasteiger partial charge is 0.239 e. The molecule has 0 unspecified atom stereocenters. The fraction of sp³-hybridized carbons (Fsp3) is 0.316. The maximum absolute atomic E-state index is 12.8. The number of benzene rings is 1. The van der Waals surface area contributed by atoms with Gasteiger partial charge in [0, 0.05) is 37.4 Å². The lowest BCUT2D eigenvalue weighted by Gasteiger charge is -2.37. The van der Waals surface area contributed by atoms with Crippen LogP contribution in [0.1, 0.15) is 5.56 Å². The van der Waals surface area contributed by atoms with Crippen molar-refractivity contribution >= 4 is 50.2 Å². The van der Waals surface area contributed by atoms with Gasteiger partial charge in [0.1, 0.15) is 0 Å². The topological polar surface area (TPSA) is 91.1 Å². The first kappa shape index (κ1) is 19.2. The quantitative estimate of drug-likeness (QED) is 0.620. The standard InChI is InChI=1S/C19H20BrClN6O/c20-15-11-23-18-14(10-24-25-18)17(15)26-5-7-27(8-6-26)19(28)16(22)9-12-1-3-13(21)4-2-12/h1-4,10-11,16H,5-9,22H2,(H,23,24,25)/t16-/m1/s1. The summed E-state index contributed by atoms with van der Waals surface area (Å²) in [4.78, 5) is 21.2. The number of rotatable bonds is 4. The largest absolute Gasteiger partial charge is 0.366 e. The van der Waals surface area contributed by atoms with Crippen molar-refractivity contribution in [3.63, 3.8) is 0 Å². The van der Waals surface area contributed by atoms with Crippen molar-refractivity contribution in [1.29, 1.82) is 0 Å². The Bertz CT molecular complexity index is 984. The lowest BCUT2D eigenvalue weighted by atomic mass is 10.1. The Morgan fingerprint density at radius 1 is 1.21 bits per heavy atom. The number of nitrogens with two attached hydrogens (primary N) is 1. The third-order valence-corrected chi connectivity index (χ3v) is 5.83. The first-order chi connectivity index (χ1) is 13.5. The van der Waals surface area contributed by atoms with Crippen LogP contribution in [0.5, 0.6) is 0 Å². The van der Waals surface area contributed by atoms with E-state index in [9.17, 15) is 4.79 Å². The highest BCUT2D eigenvalue weighted by atomic mass is 79.9. The number of aromatic amines is 1. The van der Waals surface area contributed by atoms with Gasteiger partial charge in [0.2, 0.25) is 5.91 Å². The van der Waals surface area contributed by atoms with Gasteiger partial charge in [-0.15, -0.1) is 0 Å². The highest BCUT2D eigenvalue weighted by Crippen LogP contribution is 2.33. The Hall–Kier alpha value is -2.16. The molecule has 3 aromatic rings. The van der Waals surface area contributed by atoms with Gasteiger partial charge in [-0.1, -0.05) is 23.7 Å². The van der Waals surface area contributed by atoms with Crippen molar-refractivity contribution in [1.82, 2.24) is 20.1 Å². The average molecular weight is 464 g/mol. The first-order valence-electron chi connectivity index (χ1n) is 9.04. The van der Waals surface area contributed by atoms with Crippen LogP contribution in [0.2, 0.25) is 5.02 Å². The van der Waals surface area contributed by atoms with Gasteiger partial charge in [-0.3, -0.25) is 9.89 Å². The molecule has 1 aromatic carbocycles. The molecule has 0 spiro atoms. The summed E-state index contributed by atoms with van der Waals surface area (Å²) in [6.45, 7) is 2.70. The molecule has 3 N–H and O–H groups in total. The minimum Gasteiger partial charge on any atom is -0.366 e. The van der Waals surface area contributed by atoms with E-state index >= 15 is 0 Å². The van der Waals surface area contributed by atoms with Crippen LogP contribution in [-0.4, -0.2) is 58.2 Å². The summed E-state index contributed by atoms with van der Waals surface area (Å²) >= 11 is 9.50. The number of halogens is 2. The van der Waals surface area contributed by atoms with Crippen LogP contribution >= 0.6 is 27.5 Å². The van der Waals surface area contributed by atoms with Crippen LogP contribution in [0.3, 0.4) is 0 Å². The number of nitrogens with zero attached hydrogens (tertiary/aromatic N) is 4. The third-order valence-electron chi connectivity index (χ3n) is 5.00. The lowest BCUT2D eigenvalue weighted by molar-refractivity contribution is -0.132. The molecule has 2 aromatic heterocycles. The van der Waals surface area contributed by atoms with E-state index in [1.165, 1.54) is 0 Å². The number of H-pyrrole nitrogens is 1. The normalized spacial score (nSPS) is 15.8. The highest BCUT2D eigenvalue weighted by molar-refractivity contribution is 9.10. The second-order valence-corrected chi connectivity index (χ2v) is 8.13. The van der Waals surface area contributed by atoms with Crippen molar-refractivity contribution in [2.24, 2.45) is 5.73 Å². The molecule has 0 radical (unpaired) electrons. The van der Waals surface area contributed by atoms with Crippen LogP contribution in [0, 0.1) is 0 Å². The molecule has 9 heteroatoms. The number of nitrogens with one attached hydrogen (secondary N) is 1. The zero-order valence-corrected chi connectivity index (χ0v) is 17.4. The minimum absolute atomic E-state index is 0.0168. The van der Waals surface area contributed by atoms with Crippen molar-refractivity contribution in [2.75, 3.05) is 31.1 Å². The Morgan fingerprint density at radius 3 is 2.64 bits per heavy atom. The molecular weight excluding hydrogens is 444 g/mol. The van der Waals surface area contributed by atoms with E-state index in [1.807, 2.05) is 29.2 Å². The second kappa shape index (κ2) is 8.06. The Balaban J connectivity index is 1.40. The summed E-state index contributed by atoms with van der Waals surface area (Å²) < 4.78 is 0.917. The number of pyridine rings is 1.